The van der Waals surface area contributed by atoms with E-state index >= 15 is 0 Å². The summed E-state index contributed by atoms with van der Waals surface area (Å²) in [7, 11) is 0. The van der Waals surface area contributed by atoms with Crippen molar-refractivity contribution < 1.29 is 9.29 Å². The standard InChI is InChI=1S/C10H17N3O2S/c1-10(2,3)16(14)13-8-15-7-9-11-5-4-6-12-9/h4-6,13H,7-8H2,1-3H3. The maximum absolute atomic E-state index is 11.6. The molecular weight excluding hydrogens is 226 g/mol. The van der Waals surface area contributed by atoms with Crippen molar-refractivity contribution >= 4 is 11.4 Å². The molecular formula is C10H17N3O2S. The highest BCUT2D eigenvalue weighted by Crippen LogP contribution is 2.12. The molecule has 6 heteroatoms. The van der Waals surface area contributed by atoms with Crippen LogP contribution in [-0.4, -0.2) is 26.0 Å². The van der Waals surface area contributed by atoms with Crippen LogP contribution in [0, 0.1) is 0 Å². The Kier molecular flexibility index (Phi) is 5.14. The van der Waals surface area contributed by atoms with Gasteiger partial charge >= 0.3 is 0 Å². The molecule has 0 amide bonds. The van der Waals surface area contributed by atoms with Gasteiger partial charge in [0.2, 0.25) is 0 Å². The maximum Gasteiger partial charge on any atom is 0.153 e. The van der Waals surface area contributed by atoms with Crippen molar-refractivity contribution in [3.05, 3.63) is 24.3 Å². The molecule has 1 rings (SSSR count). The third kappa shape index (κ3) is 4.89. The molecule has 1 heterocycles. The quantitative estimate of drug-likeness (QED) is 0.474. The fraction of sp³-hybridized carbons (Fsp3) is 0.600. The van der Waals surface area contributed by atoms with Gasteiger partial charge in [-0.2, -0.15) is 0 Å². The van der Waals surface area contributed by atoms with Gasteiger partial charge in [-0.25, -0.2) is 9.97 Å². The molecule has 0 aliphatic carbocycles. The monoisotopic (exact) mass is 243 g/mol. The normalized spacial score (nSPS) is 13.8. The number of nitrogens with zero attached hydrogens (tertiary/aromatic N) is 2. The fourth-order valence-electron chi connectivity index (χ4n) is 0.859. The number of aromatic nitrogens is 2. The second kappa shape index (κ2) is 6.15. The lowest BCUT2D eigenvalue weighted by molar-refractivity contribution is 0.112. The van der Waals surface area contributed by atoms with Crippen LogP contribution in [0.15, 0.2) is 18.5 Å². The zero-order valence-corrected chi connectivity index (χ0v) is 10.6. The summed E-state index contributed by atoms with van der Waals surface area (Å²) in [5.74, 6) is 0.617. The lowest BCUT2D eigenvalue weighted by atomic mass is 10.3. The molecule has 0 radical (unpaired) electrons. The van der Waals surface area contributed by atoms with Gasteiger partial charge in [-0.05, 0) is 26.8 Å². The molecule has 16 heavy (non-hydrogen) atoms. The smallest absolute Gasteiger partial charge is 0.153 e. The Morgan fingerprint density at radius 3 is 2.56 bits per heavy atom. The van der Waals surface area contributed by atoms with E-state index in [1.54, 1.807) is 18.5 Å². The minimum Gasteiger partial charge on any atom is -0.598 e. The average Bonchev–Trinajstić information content (AvgIpc) is 2.24. The van der Waals surface area contributed by atoms with Crippen LogP contribution >= 0.6 is 0 Å². The Morgan fingerprint density at radius 2 is 2.00 bits per heavy atom. The molecule has 0 spiro atoms. The molecule has 5 nitrogen and oxygen atoms in total. The predicted octanol–water partition coefficient (Wildman–Crippen LogP) is 1.00. The van der Waals surface area contributed by atoms with Gasteiger partial charge in [0.15, 0.2) is 5.82 Å². The van der Waals surface area contributed by atoms with Crippen molar-refractivity contribution in [2.24, 2.45) is 0 Å². The van der Waals surface area contributed by atoms with Crippen LogP contribution < -0.4 is 4.72 Å². The van der Waals surface area contributed by atoms with Gasteiger partial charge < -0.3 is 9.29 Å². The average molecular weight is 243 g/mol. The van der Waals surface area contributed by atoms with E-state index in [4.69, 9.17) is 4.74 Å². The molecule has 1 N–H and O–H groups in total. The van der Waals surface area contributed by atoms with E-state index < -0.39 is 11.4 Å². The van der Waals surface area contributed by atoms with E-state index in [1.807, 2.05) is 20.8 Å². The summed E-state index contributed by atoms with van der Waals surface area (Å²) in [4.78, 5) is 8.01. The van der Waals surface area contributed by atoms with Crippen LogP contribution in [0.25, 0.3) is 0 Å². The Morgan fingerprint density at radius 1 is 1.38 bits per heavy atom. The first-order chi connectivity index (χ1) is 7.50. The molecule has 0 saturated carbocycles. The second-order valence-corrected chi connectivity index (χ2v) is 6.23. The van der Waals surface area contributed by atoms with Crippen LogP contribution in [0.1, 0.15) is 26.6 Å². The molecule has 1 atom stereocenters. The first kappa shape index (κ1) is 13.4. The highest BCUT2D eigenvalue weighted by atomic mass is 32.2. The number of hydrogen-bond donors (Lipinski definition) is 1. The predicted molar refractivity (Wildman–Crippen MR) is 62.7 cm³/mol. The molecule has 0 bridgehead atoms. The Bertz CT molecular complexity index is 303. The van der Waals surface area contributed by atoms with Gasteiger partial charge in [0.1, 0.15) is 18.1 Å². The SMILES string of the molecule is CC(C)(C)[S+]([O-])NCOCc1ncccn1. The summed E-state index contributed by atoms with van der Waals surface area (Å²) in [6.45, 7) is 6.24. The van der Waals surface area contributed by atoms with Crippen molar-refractivity contribution in [1.82, 2.24) is 14.7 Å². The molecule has 0 aliphatic rings. The fourth-order valence-corrected chi connectivity index (χ4v) is 1.48. The number of rotatable bonds is 5. The van der Waals surface area contributed by atoms with Crippen molar-refractivity contribution in [1.29, 1.82) is 0 Å². The minimum atomic E-state index is -1.11. The van der Waals surface area contributed by atoms with Crippen LogP contribution in [0.2, 0.25) is 0 Å². The van der Waals surface area contributed by atoms with Gasteiger partial charge in [0.05, 0.1) is 0 Å². The van der Waals surface area contributed by atoms with E-state index in [0.717, 1.165) is 0 Å². The Balaban J connectivity index is 2.18. The minimum absolute atomic E-state index is 0.224. The molecule has 0 saturated heterocycles. The maximum atomic E-state index is 11.6. The van der Waals surface area contributed by atoms with Gasteiger partial charge in [-0.1, -0.05) is 0 Å². The molecule has 0 aliphatic heterocycles. The van der Waals surface area contributed by atoms with Crippen molar-refractivity contribution in [2.75, 3.05) is 6.73 Å². The lowest BCUT2D eigenvalue weighted by Gasteiger charge is -2.23. The first-order valence-corrected chi connectivity index (χ1v) is 6.14. The first-order valence-electron chi connectivity index (χ1n) is 4.99. The summed E-state index contributed by atoms with van der Waals surface area (Å²) in [6.07, 6.45) is 3.32. The van der Waals surface area contributed by atoms with Crippen LogP contribution in [-0.2, 0) is 22.7 Å². The van der Waals surface area contributed by atoms with E-state index in [0.29, 0.717) is 12.4 Å². The molecule has 90 valence electrons. The van der Waals surface area contributed by atoms with E-state index in [2.05, 4.69) is 14.7 Å². The summed E-state index contributed by atoms with van der Waals surface area (Å²) in [5, 5.41) is 0. The van der Waals surface area contributed by atoms with Gasteiger partial charge in [-0.15, -0.1) is 4.72 Å². The van der Waals surface area contributed by atoms with Crippen molar-refractivity contribution in [3.63, 3.8) is 0 Å². The molecule has 1 aromatic rings. The molecule has 0 fully saturated rings. The zero-order valence-electron chi connectivity index (χ0n) is 9.77. The van der Waals surface area contributed by atoms with E-state index in [9.17, 15) is 4.55 Å². The summed E-state index contributed by atoms with van der Waals surface area (Å²) in [6, 6.07) is 1.75. The lowest BCUT2D eigenvalue weighted by Crippen LogP contribution is -2.40. The summed E-state index contributed by atoms with van der Waals surface area (Å²) >= 11 is -1.11. The van der Waals surface area contributed by atoms with Crippen LogP contribution in [0.4, 0.5) is 0 Å². The Hall–Kier alpha value is -0.690. The third-order valence-corrected chi connectivity index (χ3v) is 3.19. The van der Waals surface area contributed by atoms with E-state index in [1.165, 1.54) is 0 Å². The number of hydrogen-bond acceptors (Lipinski definition) is 5. The van der Waals surface area contributed by atoms with Gasteiger partial charge in [-0.3, -0.25) is 0 Å². The number of nitrogens with one attached hydrogen (secondary N) is 1. The van der Waals surface area contributed by atoms with E-state index in [-0.39, 0.29) is 11.5 Å². The number of ether oxygens (including phenoxy) is 1. The van der Waals surface area contributed by atoms with Crippen molar-refractivity contribution in [3.8, 4) is 0 Å². The molecule has 0 aromatic carbocycles. The molecule has 1 unspecified atom stereocenters. The zero-order chi connectivity index (χ0) is 12.0. The Labute approximate surface area is 99.0 Å². The van der Waals surface area contributed by atoms with Crippen LogP contribution in [0.3, 0.4) is 0 Å². The van der Waals surface area contributed by atoms with Gasteiger partial charge in [0.25, 0.3) is 0 Å². The summed E-state index contributed by atoms with van der Waals surface area (Å²) in [5.41, 5.74) is 0. The highest BCUT2D eigenvalue weighted by molar-refractivity contribution is 7.90. The van der Waals surface area contributed by atoms with Gasteiger partial charge in [0, 0.05) is 23.8 Å². The highest BCUT2D eigenvalue weighted by Gasteiger charge is 2.25. The van der Waals surface area contributed by atoms with Crippen molar-refractivity contribution in [2.45, 2.75) is 32.1 Å². The second-order valence-electron chi connectivity index (χ2n) is 4.18. The topological polar surface area (TPSA) is 70.1 Å². The molecule has 1 aromatic heterocycles. The van der Waals surface area contributed by atoms with Crippen LogP contribution in [0.5, 0.6) is 0 Å². The summed E-state index contributed by atoms with van der Waals surface area (Å²) < 4.78 is 19.3. The largest absolute Gasteiger partial charge is 0.598 e. The third-order valence-electron chi connectivity index (χ3n) is 1.70.